The quantitative estimate of drug-likeness (QED) is 0.0888. The third-order valence-corrected chi connectivity index (χ3v) is 8.69. The topological polar surface area (TPSA) is 74.7 Å². The number of aryl methyl sites for hydroxylation is 1. The molecule has 1 saturated heterocycles. The van der Waals surface area contributed by atoms with Crippen molar-refractivity contribution in [2.24, 2.45) is 4.99 Å². The Morgan fingerprint density at radius 1 is 0.891 bits per heavy atom. The van der Waals surface area contributed by atoms with E-state index in [1.807, 2.05) is 31.2 Å². The highest BCUT2D eigenvalue weighted by atomic mass is 32.1. The maximum Gasteiger partial charge on any atom is 0.423 e. The summed E-state index contributed by atoms with van der Waals surface area (Å²) in [4.78, 5) is 38.3. The molecule has 0 saturated carbocycles. The van der Waals surface area contributed by atoms with Crippen molar-refractivity contribution in [3.63, 3.8) is 0 Å². The van der Waals surface area contributed by atoms with Crippen molar-refractivity contribution in [2.75, 3.05) is 44.9 Å². The summed E-state index contributed by atoms with van der Waals surface area (Å²) in [7, 11) is 2.10. The van der Waals surface area contributed by atoms with Crippen LogP contribution in [0.4, 0.5) is 16.2 Å². The Hall–Kier alpha value is -3.95. The van der Waals surface area contributed by atoms with Gasteiger partial charge in [0, 0.05) is 37.5 Å². The van der Waals surface area contributed by atoms with E-state index in [2.05, 4.69) is 78.4 Å². The number of carbonyl (C=O) groups is 2. The smallest absolute Gasteiger partial charge is 0.423 e. The molecule has 0 bridgehead atoms. The molecule has 1 aromatic heterocycles. The van der Waals surface area contributed by atoms with Gasteiger partial charge in [0.05, 0.1) is 16.6 Å². The number of ether oxygens (including phenoxy) is 2. The minimum atomic E-state index is -0.597. The Morgan fingerprint density at radius 3 is 2.28 bits per heavy atom. The fraction of sp³-hybridized carbons (Fsp3) is 0.432. The molecule has 0 unspecified atom stereocenters. The summed E-state index contributed by atoms with van der Waals surface area (Å²) in [6.07, 6.45) is 23.6. The molecule has 2 aliphatic heterocycles. The number of esters is 1. The second-order valence-corrected chi connectivity index (χ2v) is 12.7. The van der Waals surface area contributed by atoms with E-state index in [1.165, 1.54) is 0 Å². The van der Waals surface area contributed by atoms with Gasteiger partial charge in [-0.15, -0.1) is 11.3 Å². The monoisotopic (exact) mass is 644 g/mol. The van der Waals surface area contributed by atoms with Crippen LogP contribution in [0.1, 0.15) is 63.2 Å². The van der Waals surface area contributed by atoms with Crippen molar-refractivity contribution >= 4 is 40.6 Å². The van der Waals surface area contributed by atoms with E-state index in [4.69, 9.17) is 14.5 Å². The zero-order valence-electron chi connectivity index (χ0n) is 27.5. The number of thiophene rings is 1. The zero-order valence-corrected chi connectivity index (χ0v) is 28.3. The van der Waals surface area contributed by atoms with Gasteiger partial charge >= 0.3 is 12.1 Å². The molecule has 46 heavy (non-hydrogen) atoms. The summed E-state index contributed by atoms with van der Waals surface area (Å²) < 4.78 is 11.8. The summed E-state index contributed by atoms with van der Waals surface area (Å²) in [6, 6.07) is 9.67. The fourth-order valence-electron chi connectivity index (χ4n) is 5.26. The van der Waals surface area contributed by atoms with Gasteiger partial charge in [-0.05, 0) is 77.1 Å². The van der Waals surface area contributed by atoms with Crippen LogP contribution >= 0.6 is 11.3 Å². The van der Waals surface area contributed by atoms with Crippen molar-refractivity contribution in [1.29, 1.82) is 0 Å². The number of amides is 1. The standard InChI is InChI=1S/C37H48N4O4S/c1-4-5-6-7-8-9-10-11-12-13-14-15-16-17-18-23-34(42)44-29-45-37(43)41-33-22-20-19-21-32(33)38-35-31(28-30(2)46-35)36(41)40-26-24-39(3)25-27-40/h5-6,8-9,11-12,14-15,19-22,28H,4,7,10,13,16-18,23-27,29H2,1-3H3/b6-5-,9-8-,12-11-,15-14-. The second kappa shape index (κ2) is 18.9. The summed E-state index contributed by atoms with van der Waals surface area (Å²) in [5.41, 5.74) is 1.33. The van der Waals surface area contributed by atoms with Crippen molar-refractivity contribution in [2.45, 2.75) is 65.2 Å². The van der Waals surface area contributed by atoms with E-state index in [1.54, 1.807) is 16.2 Å². The molecule has 8 nitrogen and oxygen atoms in total. The van der Waals surface area contributed by atoms with Crippen molar-refractivity contribution < 1.29 is 19.1 Å². The van der Waals surface area contributed by atoms with Crippen molar-refractivity contribution in [3.05, 3.63) is 93.7 Å². The number of anilines is 1. The largest absolute Gasteiger partial charge is 0.428 e. The Labute approximate surface area is 277 Å². The first-order valence-electron chi connectivity index (χ1n) is 16.4. The first kappa shape index (κ1) is 34.9. The minimum absolute atomic E-state index is 0.284. The van der Waals surface area contributed by atoms with Crippen molar-refractivity contribution in [1.82, 2.24) is 9.80 Å². The second-order valence-electron chi connectivity index (χ2n) is 11.4. The summed E-state index contributed by atoms with van der Waals surface area (Å²) in [5.74, 6) is 0.386. The van der Waals surface area contributed by atoms with Crippen LogP contribution in [0.2, 0.25) is 0 Å². The number of para-hydroxylation sites is 2. The molecular formula is C37H48N4O4S. The third kappa shape index (κ3) is 10.6. The lowest BCUT2D eigenvalue weighted by Crippen LogP contribution is -2.51. The first-order chi connectivity index (χ1) is 22.5. The molecule has 1 fully saturated rings. The molecule has 0 radical (unpaired) electrons. The Morgan fingerprint density at radius 2 is 1.57 bits per heavy atom. The summed E-state index contributed by atoms with van der Waals surface area (Å²) >= 11 is 1.61. The number of allylic oxidation sites excluding steroid dienone is 8. The van der Waals surface area contributed by atoms with Crippen LogP contribution in [0.5, 0.6) is 0 Å². The summed E-state index contributed by atoms with van der Waals surface area (Å²) in [5, 5.41) is 0.908. The number of rotatable bonds is 15. The van der Waals surface area contributed by atoms with Crippen LogP contribution in [0.15, 0.2) is 83.9 Å². The number of hydrogen-bond donors (Lipinski definition) is 0. The molecule has 1 aromatic carbocycles. The SMILES string of the molecule is CC/C=C\C/C=C\C/C=C\C/C=C\CCCCC(=O)OCOC(=O)N1C(N2CCN(C)CC2)=c2cc(C)sc2=Nc2ccccc21. The average molecular weight is 645 g/mol. The highest BCUT2D eigenvalue weighted by Crippen LogP contribution is 2.34. The minimum Gasteiger partial charge on any atom is -0.428 e. The van der Waals surface area contributed by atoms with Crippen LogP contribution < -0.4 is 14.8 Å². The van der Waals surface area contributed by atoms with Crippen LogP contribution in [0.3, 0.4) is 0 Å². The van der Waals surface area contributed by atoms with E-state index in [0.717, 1.165) is 85.3 Å². The molecule has 1 amide bonds. The van der Waals surface area contributed by atoms with E-state index in [0.29, 0.717) is 17.8 Å². The first-order valence-corrected chi connectivity index (χ1v) is 17.2. The highest BCUT2D eigenvalue weighted by molar-refractivity contribution is 7.09. The molecule has 0 aliphatic carbocycles. The van der Waals surface area contributed by atoms with E-state index in [-0.39, 0.29) is 12.4 Å². The Balaban J connectivity index is 1.25. The Kier molecular flexibility index (Phi) is 14.3. The van der Waals surface area contributed by atoms with Gasteiger partial charge in [-0.1, -0.05) is 67.7 Å². The number of carbonyl (C=O) groups excluding carboxylic acids is 2. The van der Waals surface area contributed by atoms with Crippen LogP contribution in [0.25, 0.3) is 5.82 Å². The van der Waals surface area contributed by atoms with E-state index < -0.39 is 12.9 Å². The lowest BCUT2D eigenvalue weighted by atomic mass is 10.2. The van der Waals surface area contributed by atoms with Gasteiger partial charge in [0.2, 0.25) is 6.79 Å². The van der Waals surface area contributed by atoms with Gasteiger partial charge in [-0.3, -0.25) is 4.79 Å². The predicted molar refractivity (Wildman–Crippen MR) is 188 cm³/mol. The molecular weight excluding hydrogens is 596 g/mol. The highest BCUT2D eigenvalue weighted by Gasteiger charge is 2.32. The molecule has 4 rings (SSSR count). The predicted octanol–water partition coefficient (Wildman–Crippen LogP) is 7.14. The lowest BCUT2D eigenvalue weighted by Gasteiger charge is -2.38. The summed E-state index contributed by atoms with van der Waals surface area (Å²) in [6.45, 7) is 7.05. The van der Waals surface area contributed by atoms with Crippen LogP contribution in [0, 0.1) is 6.92 Å². The average Bonchev–Trinajstić information content (AvgIpc) is 3.35. The number of likely N-dealkylation sites (N-methyl/N-ethyl adjacent to an activating group) is 1. The normalized spacial score (nSPS) is 15.5. The van der Waals surface area contributed by atoms with Crippen LogP contribution in [-0.4, -0.2) is 61.9 Å². The maximum absolute atomic E-state index is 13.7. The fourth-order valence-corrected chi connectivity index (χ4v) is 6.15. The number of piperazine rings is 1. The third-order valence-electron chi connectivity index (χ3n) is 7.74. The maximum atomic E-state index is 13.7. The number of hydrogen-bond acceptors (Lipinski definition) is 8. The molecule has 0 spiro atoms. The van der Waals surface area contributed by atoms with Gasteiger partial charge in [0.25, 0.3) is 0 Å². The number of unbranched alkanes of at least 4 members (excludes halogenated alkanes) is 2. The number of benzene rings is 1. The molecule has 246 valence electrons. The van der Waals surface area contributed by atoms with Gasteiger partial charge in [0.1, 0.15) is 10.5 Å². The number of nitrogens with zero attached hydrogens (tertiary/aromatic N) is 4. The molecule has 2 aromatic rings. The molecule has 0 atom stereocenters. The van der Waals surface area contributed by atoms with Gasteiger partial charge < -0.3 is 19.3 Å². The Bertz CT molecular complexity index is 1530. The van der Waals surface area contributed by atoms with Crippen LogP contribution in [-0.2, 0) is 14.3 Å². The van der Waals surface area contributed by atoms with E-state index in [9.17, 15) is 9.59 Å². The molecule has 2 aliphatic rings. The van der Waals surface area contributed by atoms with Crippen molar-refractivity contribution in [3.8, 4) is 0 Å². The lowest BCUT2D eigenvalue weighted by molar-refractivity contribution is -0.151. The van der Waals surface area contributed by atoms with E-state index >= 15 is 0 Å². The zero-order chi connectivity index (χ0) is 32.6. The van der Waals surface area contributed by atoms with Gasteiger partial charge in [-0.2, -0.15) is 0 Å². The van der Waals surface area contributed by atoms with Gasteiger partial charge in [-0.25, -0.2) is 14.7 Å². The molecule has 0 N–H and O–H groups in total. The number of fused-ring (bicyclic) bond motifs is 2. The molecule has 9 heteroatoms. The van der Waals surface area contributed by atoms with Gasteiger partial charge in [0.15, 0.2) is 0 Å². The molecule has 3 heterocycles.